The van der Waals surface area contributed by atoms with Crippen LogP contribution in [0.3, 0.4) is 0 Å². The number of nitrogens with zero attached hydrogens (tertiary/aromatic N) is 1. The summed E-state index contributed by atoms with van der Waals surface area (Å²) in [6, 6.07) is 0. The van der Waals surface area contributed by atoms with Gasteiger partial charge < -0.3 is 14.2 Å². The first-order valence-electron chi connectivity index (χ1n) is 7.38. The van der Waals surface area contributed by atoms with Gasteiger partial charge in [-0.05, 0) is 12.8 Å². The molecule has 0 aliphatic carbocycles. The molecular weight excluding hydrogens is 337 g/mol. The van der Waals surface area contributed by atoms with Gasteiger partial charge in [0.15, 0.2) is 10.0 Å². The van der Waals surface area contributed by atoms with E-state index >= 15 is 0 Å². The Morgan fingerprint density at radius 3 is 2.39 bits per heavy atom. The van der Waals surface area contributed by atoms with E-state index in [2.05, 4.69) is 0 Å². The lowest BCUT2D eigenvalue weighted by Crippen LogP contribution is -2.31. The first-order valence-corrected chi connectivity index (χ1v) is 9.07. The van der Waals surface area contributed by atoms with E-state index in [9.17, 15) is 22.2 Å². The third-order valence-electron chi connectivity index (χ3n) is 3.09. The number of halogens is 3. The quantitative estimate of drug-likeness (QED) is 0.522. The average molecular weight is 362 g/mol. The molecule has 0 aromatic heterocycles. The summed E-state index contributed by atoms with van der Waals surface area (Å²) in [7, 11) is -2.06. The van der Waals surface area contributed by atoms with Crippen LogP contribution in [0.4, 0.5) is 13.2 Å². The molecule has 0 fully saturated rings. The van der Waals surface area contributed by atoms with Crippen LogP contribution in [0.2, 0.25) is 0 Å². The van der Waals surface area contributed by atoms with E-state index in [1.54, 1.807) is 0 Å². The zero-order chi connectivity index (χ0) is 17.9. The number of unbranched alkanes of at least 4 members (excludes halogenated alkanes) is 3. The Kier molecular flexibility index (Phi) is 10.4. The van der Waals surface area contributed by atoms with Gasteiger partial charge in [-0.3, -0.25) is 4.79 Å². The predicted molar refractivity (Wildman–Crippen MR) is 80.6 cm³/mol. The van der Waals surface area contributed by atoms with Crippen LogP contribution in [0, 0.1) is 4.78 Å². The van der Waals surface area contributed by atoms with Crippen LogP contribution in [0.15, 0.2) is 0 Å². The van der Waals surface area contributed by atoms with Crippen molar-refractivity contribution in [3.05, 3.63) is 0 Å². The summed E-state index contributed by atoms with van der Waals surface area (Å²) < 4.78 is 66.8. The number of hydrogen-bond donors (Lipinski definition) is 2. The standard InChI is InChI=1S/C13H25F3N2O4S/c1-18(8-11-23(17,20)21)12(19)6-4-2-3-5-9-22-10-7-13(14,15)16/h2-11H2,1H3,(H2,17,20,21). The first-order chi connectivity index (χ1) is 10.5. The van der Waals surface area contributed by atoms with Crippen molar-refractivity contribution in [2.75, 3.05) is 32.6 Å². The Hall–Kier alpha value is -0.870. The summed E-state index contributed by atoms with van der Waals surface area (Å²) in [6.07, 6.45) is -2.01. The van der Waals surface area contributed by atoms with Crippen molar-refractivity contribution in [3.63, 3.8) is 0 Å². The molecule has 0 aliphatic heterocycles. The third kappa shape index (κ3) is 15.8. The lowest BCUT2D eigenvalue weighted by atomic mass is 10.1. The van der Waals surface area contributed by atoms with E-state index in [4.69, 9.17) is 14.1 Å². The summed E-state index contributed by atoms with van der Waals surface area (Å²) in [5.41, 5.74) is 0. The number of hydrogen-bond acceptors (Lipinski definition) is 4. The van der Waals surface area contributed by atoms with Crippen molar-refractivity contribution in [2.45, 2.75) is 44.7 Å². The third-order valence-corrected chi connectivity index (χ3v) is 3.82. The molecule has 0 heterocycles. The molecule has 1 amide bonds. The monoisotopic (exact) mass is 362 g/mol. The van der Waals surface area contributed by atoms with Gasteiger partial charge in [-0.2, -0.15) is 13.2 Å². The molecule has 10 heteroatoms. The summed E-state index contributed by atoms with van der Waals surface area (Å²) in [6.45, 7) is 0.0137. The lowest BCUT2D eigenvalue weighted by Gasteiger charge is -2.16. The number of nitrogens with one attached hydrogen (secondary N) is 1. The van der Waals surface area contributed by atoms with Gasteiger partial charge in [-0.15, -0.1) is 0 Å². The Bertz CT molecular complexity index is 441. The van der Waals surface area contributed by atoms with Crippen LogP contribution in [0.25, 0.3) is 0 Å². The summed E-state index contributed by atoms with van der Waals surface area (Å²) in [5, 5.41) is 0. The molecule has 23 heavy (non-hydrogen) atoms. The minimum atomic E-state index is -4.18. The number of carbonyl (C=O) groups excluding carboxylic acids is 1. The molecule has 0 radical (unpaired) electrons. The minimum Gasteiger partial charge on any atom is -0.381 e. The fraction of sp³-hybridized carbons (Fsp3) is 0.923. The zero-order valence-electron chi connectivity index (χ0n) is 13.2. The molecule has 2 N–H and O–H groups in total. The fourth-order valence-electron chi connectivity index (χ4n) is 1.70. The van der Waals surface area contributed by atoms with Gasteiger partial charge in [0.2, 0.25) is 5.91 Å². The van der Waals surface area contributed by atoms with Crippen LogP contribution in [-0.4, -0.2) is 58.3 Å². The fourth-order valence-corrected chi connectivity index (χ4v) is 2.22. The molecule has 1 atom stereocenters. The molecule has 0 bridgehead atoms. The Labute approximate surface area is 135 Å². The van der Waals surface area contributed by atoms with Crippen molar-refractivity contribution >= 4 is 15.9 Å². The molecule has 0 spiro atoms. The first kappa shape index (κ1) is 22.1. The van der Waals surface area contributed by atoms with Gasteiger partial charge in [0.05, 0.1) is 18.8 Å². The molecule has 1 unspecified atom stereocenters. The van der Waals surface area contributed by atoms with Crippen molar-refractivity contribution in [1.82, 2.24) is 4.90 Å². The highest BCUT2D eigenvalue weighted by atomic mass is 32.2. The van der Waals surface area contributed by atoms with Gasteiger partial charge >= 0.3 is 6.18 Å². The van der Waals surface area contributed by atoms with Crippen LogP contribution in [0.5, 0.6) is 0 Å². The number of rotatable bonds is 12. The molecule has 0 aromatic rings. The maximum Gasteiger partial charge on any atom is 0.391 e. The van der Waals surface area contributed by atoms with Crippen LogP contribution < -0.4 is 0 Å². The van der Waals surface area contributed by atoms with Crippen molar-refractivity contribution in [2.24, 2.45) is 0 Å². The Morgan fingerprint density at radius 1 is 1.22 bits per heavy atom. The highest BCUT2D eigenvalue weighted by molar-refractivity contribution is 7.86. The molecular formula is C13H25F3N2O4S. The molecule has 0 aliphatic rings. The maximum absolute atomic E-state index is 11.8. The zero-order valence-corrected chi connectivity index (χ0v) is 14.0. The molecule has 6 nitrogen and oxygen atoms in total. The second-order valence-corrected chi connectivity index (χ2v) is 6.99. The topological polar surface area (TPSA) is 90.7 Å². The normalized spacial score (nSPS) is 14.5. The number of alkyl halides is 3. The van der Waals surface area contributed by atoms with Crippen molar-refractivity contribution < 1.29 is 31.5 Å². The van der Waals surface area contributed by atoms with Gasteiger partial charge in [0, 0.05) is 26.6 Å². The van der Waals surface area contributed by atoms with E-state index in [0.29, 0.717) is 19.3 Å². The minimum absolute atomic E-state index is 0.0602. The SMILES string of the molecule is CN(CCS(=N)(=O)O)C(=O)CCCCCCOCCC(F)(F)F. The number of ether oxygens (including phenoxy) is 1. The average Bonchev–Trinajstić information content (AvgIpc) is 2.40. The van der Waals surface area contributed by atoms with Gasteiger partial charge in [0.25, 0.3) is 0 Å². The maximum atomic E-state index is 11.8. The van der Waals surface area contributed by atoms with E-state index in [0.717, 1.165) is 12.8 Å². The molecule has 0 saturated carbocycles. The van der Waals surface area contributed by atoms with E-state index < -0.39 is 22.6 Å². The van der Waals surface area contributed by atoms with Gasteiger partial charge in [-0.25, -0.2) is 8.99 Å². The van der Waals surface area contributed by atoms with E-state index in [1.807, 2.05) is 0 Å². The van der Waals surface area contributed by atoms with Gasteiger partial charge in [-0.1, -0.05) is 12.8 Å². The van der Waals surface area contributed by atoms with Crippen LogP contribution >= 0.6 is 0 Å². The Morgan fingerprint density at radius 2 is 1.83 bits per heavy atom. The van der Waals surface area contributed by atoms with Crippen LogP contribution in [-0.2, 0) is 19.5 Å². The Balaban J connectivity index is 3.52. The van der Waals surface area contributed by atoms with Gasteiger partial charge in [0.1, 0.15) is 0 Å². The van der Waals surface area contributed by atoms with Crippen LogP contribution in [0.1, 0.15) is 38.5 Å². The molecule has 0 aromatic carbocycles. The lowest BCUT2D eigenvalue weighted by molar-refractivity contribution is -0.145. The second-order valence-electron chi connectivity index (χ2n) is 5.30. The van der Waals surface area contributed by atoms with E-state index in [1.165, 1.54) is 11.9 Å². The van der Waals surface area contributed by atoms with E-state index in [-0.39, 0.29) is 31.4 Å². The largest absolute Gasteiger partial charge is 0.391 e. The summed E-state index contributed by atoms with van der Waals surface area (Å²) in [5.74, 6) is -0.431. The number of amides is 1. The smallest absolute Gasteiger partial charge is 0.381 e. The van der Waals surface area contributed by atoms with Crippen molar-refractivity contribution in [1.29, 1.82) is 4.78 Å². The highest BCUT2D eigenvalue weighted by Gasteiger charge is 2.26. The number of carbonyl (C=O) groups is 1. The van der Waals surface area contributed by atoms with Crippen molar-refractivity contribution in [3.8, 4) is 0 Å². The molecule has 0 rings (SSSR count). The molecule has 138 valence electrons. The highest BCUT2D eigenvalue weighted by Crippen LogP contribution is 2.19. The second kappa shape index (κ2) is 10.8. The molecule has 0 saturated heterocycles. The summed E-state index contributed by atoms with van der Waals surface area (Å²) in [4.78, 5) is 13.0. The summed E-state index contributed by atoms with van der Waals surface area (Å²) >= 11 is 0. The predicted octanol–water partition coefficient (Wildman–Crippen LogP) is 2.88.